The van der Waals surface area contributed by atoms with Gasteiger partial charge in [0, 0.05) is 25.2 Å². The van der Waals surface area contributed by atoms with Crippen molar-refractivity contribution in [1.29, 1.82) is 0 Å². The van der Waals surface area contributed by atoms with Gasteiger partial charge in [-0.3, -0.25) is 9.59 Å². The summed E-state index contributed by atoms with van der Waals surface area (Å²) >= 11 is 0. The van der Waals surface area contributed by atoms with Crippen molar-refractivity contribution in [3.8, 4) is 0 Å². The van der Waals surface area contributed by atoms with E-state index in [1.165, 1.54) is 68.1 Å². The Balaban J connectivity index is 1.03. The number of nitrogens with one attached hydrogen (secondary N) is 1. The third-order valence-corrected chi connectivity index (χ3v) is 17.9. The zero-order chi connectivity index (χ0) is 39.0. The van der Waals surface area contributed by atoms with Gasteiger partial charge in [0.1, 0.15) is 6.10 Å². The Kier molecular flexibility index (Phi) is 9.97. The number of ketones is 1. The van der Waals surface area contributed by atoms with Crippen LogP contribution in [-0.4, -0.2) is 47.9 Å². The number of aliphatic hydroxyl groups excluding tert-OH is 1. The summed E-state index contributed by atoms with van der Waals surface area (Å²) in [6.07, 6.45) is 15.0. The van der Waals surface area contributed by atoms with Crippen molar-refractivity contribution in [2.75, 3.05) is 26.2 Å². The van der Waals surface area contributed by atoms with Crippen LogP contribution in [0.5, 0.6) is 0 Å². The van der Waals surface area contributed by atoms with Crippen molar-refractivity contribution in [2.24, 2.45) is 56.7 Å². The van der Waals surface area contributed by atoms with Crippen molar-refractivity contribution in [2.45, 2.75) is 118 Å². The monoisotopic (exact) mass is 745 g/mol. The van der Waals surface area contributed by atoms with Crippen LogP contribution in [0.1, 0.15) is 140 Å². The van der Waals surface area contributed by atoms with Gasteiger partial charge in [-0.2, -0.15) is 0 Å². The molecule has 5 heteroatoms. The molecule has 0 bridgehead atoms. The van der Waals surface area contributed by atoms with Gasteiger partial charge in [0.25, 0.3) is 0 Å². The number of rotatable bonds is 9. The quantitative estimate of drug-likeness (QED) is 0.198. The number of aliphatic hydroxyl groups is 1. The summed E-state index contributed by atoms with van der Waals surface area (Å²) in [5, 5.41) is 14.8. The van der Waals surface area contributed by atoms with Crippen LogP contribution in [-0.2, 0) is 4.79 Å². The van der Waals surface area contributed by atoms with E-state index in [0.29, 0.717) is 47.3 Å². The lowest BCUT2D eigenvalue weighted by atomic mass is 9.32. The Labute approximate surface area is 331 Å². The molecule has 55 heavy (non-hydrogen) atoms. The van der Waals surface area contributed by atoms with Gasteiger partial charge in [-0.15, -0.1) is 0 Å². The maximum atomic E-state index is 13.1. The van der Waals surface area contributed by atoms with Crippen molar-refractivity contribution in [3.63, 3.8) is 0 Å². The largest absolute Gasteiger partial charge is 0.380 e. The molecule has 2 aromatic rings. The minimum atomic E-state index is -1.17. The molecule has 2 N–H and O–H groups in total. The maximum Gasteiger partial charge on any atom is 0.236 e. The summed E-state index contributed by atoms with van der Waals surface area (Å²) in [6, 6.07) is 17.3. The molecule has 1 aliphatic heterocycles. The topological polar surface area (TPSA) is 69.6 Å². The molecule has 1 saturated heterocycles. The average molecular weight is 745 g/mol. The van der Waals surface area contributed by atoms with Crippen molar-refractivity contribution in [3.05, 3.63) is 89.5 Å². The Hall–Kier alpha value is -3.02. The molecule has 0 radical (unpaired) electrons. The second-order valence-corrected chi connectivity index (χ2v) is 20.5. The highest BCUT2D eigenvalue weighted by Gasteiger charge is 2.70. The number of Topliss-reactive ketones (excluding diaryl/α,β-unsaturated/α-hetero) is 1. The van der Waals surface area contributed by atoms with Crippen molar-refractivity contribution >= 4 is 17.3 Å². The van der Waals surface area contributed by atoms with Gasteiger partial charge in [0.2, 0.25) is 5.91 Å². The number of carbonyl (C=O) groups is 2. The summed E-state index contributed by atoms with van der Waals surface area (Å²) in [5.74, 6) is 3.19. The van der Waals surface area contributed by atoms with Gasteiger partial charge in [-0.05, 0) is 151 Å². The zero-order valence-electron chi connectivity index (χ0n) is 34.8. The normalized spacial score (nSPS) is 38.2. The van der Waals surface area contributed by atoms with Crippen LogP contribution in [0.2, 0.25) is 0 Å². The van der Waals surface area contributed by atoms with E-state index in [-0.39, 0.29) is 38.8 Å². The fourth-order valence-electron chi connectivity index (χ4n) is 14.9. The molecule has 6 aliphatic rings. The average Bonchev–Trinajstić information content (AvgIpc) is 3.85. The lowest BCUT2D eigenvalue weighted by Crippen LogP contribution is -2.66. The number of amides is 1. The summed E-state index contributed by atoms with van der Waals surface area (Å²) in [7, 11) is 0. The first-order chi connectivity index (χ1) is 26.2. The molecule has 5 aliphatic carbocycles. The Morgan fingerprint density at radius 3 is 2.25 bits per heavy atom. The van der Waals surface area contributed by atoms with E-state index in [4.69, 9.17) is 0 Å². The third-order valence-electron chi connectivity index (χ3n) is 17.9. The van der Waals surface area contributed by atoms with Gasteiger partial charge < -0.3 is 15.3 Å². The fraction of sp³-hybridized carbons (Fsp3) is 0.640. The summed E-state index contributed by atoms with van der Waals surface area (Å²) in [4.78, 5) is 28.1. The van der Waals surface area contributed by atoms with E-state index in [0.717, 1.165) is 38.9 Å². The highest BCUT2D eigenvalue weighted by Crippen LogP contribution is 2.77. The van der Waals surface area contributed by atoms with Crippen LogP contribution < -0.4 is 5.32 Å². The van der Waals surface area contributed by atoms with Crippen LogP contribution in [0, 0.1) is 56.7 Å². The van der Waals surface area contributed by atoms with E-state index < -0.39 is 6.10 Å². The molecule has 10 atom stereocenters. The number of allylic oxidation sites excluding steroid dienone is 3. The van der Waals surface area contributed by atoms with Crippen LogP contribution in [0.3, 0.4) is 0 Å². The number of fused-ring (bicyclic) bond motifs is 7. The molecule has 1 amide bonds. The molecule has 296 valence electrons. The predicted molar refractivity (Wildman–Crippen MR) is 223 cm³/mol. The number of benzene rings is 2. The van der Waals surface area contributed by atoms with E-state index in [2.05, 4.69) is 76.5 Å². The third kappa shape index (κ3) is 6.07. The first-order valence-corrected chi connectivity index (χ1v) is 21.9. The summed E-state index contributed by atoms with van der Waals surface area (Å²) in [5.41, 5.74) is 6.23. The summed E-state index contributed by atoms with van der Waals surface area (Å²) in [6.45, 7) is 23.3. The first kappa shape index (κ1) is 38.8. The van der Waals surface area contributed by atoms with E-state index >= 15 is 0 Å². The Morgan fingerprint density at radius 1 is 0.855 bits per heavy atom. The van der Waals surface area contributed by atoms with Crippen LogP contribution >= 0.6 is 0 Å². The second-order valence-electron chi connectivity index (χ2n) is 20.5. The highest BCUT2D eigenvalue weighted by molar-refractivity contribution is 5.99. The highest BCUT2D eigenvalue weighted by atomic mass is 16.3. The molecule has 0 aromatic heterocycles. The lowest BCUT2D eigenvalue weighted by Gasteiger charge is -2.72. The smallest absolute Gasteiger partial charge is 0.236 e. The zero-order valence-corrected chi connectivity index (χ0v) is 34.8. The fourth-order valence-corrected chi connectivity index (χ4v) is 14.9. The molecule has 5 nitrogen and oxygen atoms in total. The number of carbonyl (C=O) groups excluding carboxylic acids is 2. The van der Waals surface area contributed by atoms with Crippen molar-refractivity contribution in [1.82, 2.24) is 10.2 Å². The van der Waals surface area contributed by atoms with Crippen LogP contribution in [0.15, 0.2) is 72.8 Å². The maximum absolute atomic E-state index is 13.1. The molecule has 4 saturated carbocycles. The number of hydrogen-bond acceptors (Lipinski definition) is 4. The molecule has 8 rings (SSSR count). The molecule has 0 spiro atoms. The predicted octanol–water partition coefficient (Wildman–Crippen LogP) is 10.5. The SMILES string of the molecule is C=C(C)[C@@H]1CC[C@]2(CNCC(=O)N3CCCC3)CC[C@]3(C)[C@H](CC[C@@H]4[C@@]5(C)CC=C(c6ccc(C(O)C(=O)c7ccccc7)cc6)C(C)(C)[C@@H]5CC[C@]43C)[C@@H]12. The Bertz CT molecular complexity index is 1820. The minimum absolute atomic E-state index is 0.00245. The molecular weight excluding hydrogens is 677 g/mol. The number of hydrogen-bond donors (Lipinski definition) is 2. The lowest BCUT2D eigenvalue weighted by molar-refractivity contribution is -0.225. The van der Waals surface area contributed by atoms with Crippen molar-refractivity contribution < 1.29 is 14.7 Å². The van der Waals surface area contributed by atoms with Gasteiger partial charge >= 0.3 is 0 Å². The van der Waals surface area contributed by atoms with Gasteiger partial charge in [-0.1, -0.05) is 107 Å². The van der Waals surface area contributed by atoms with Gasteiger partial charge in [0.05, 0.1) is 6.54 Å². The summed E-state index contributed by atoms with van der Waals surface area (Å²) < 4.78 is 0. The molecule has 1 heterocycles. The van der Waals surface area contributed by atoms with E-state index in [1.54, 1.807) is 12.1 Å². The molecule has 5 fully saturated rings. The number of nitrogens with zero attached hydrogens (tertiary/aromatic N) is 1. The van der Waals surface area contributed by atoms with E-state index in [9.17, 15) is 14.7 Å². The molecule has 2 aromatic carbocycles. The van der Waals surface area contributed by atoms with Gasteiger partial charge in [-0.25, -0.2) is 0 Å². The number of likely N-dealkylation sites (tertiary alicyclic amines) is 1. The first-order valence-electron chi connectivity index (χ1n) is 21.9. The van der Waals surface area contributed by atoms with Crippen LogP contribution in [0.25, 0.3) is 5.57 Å². The molecule has 1 unspecified atom stereocenters. The molecular formula is C50H68N2O3. The standard InChI is InChI=1S/C50H68N2O3/c1-33(2)37-21-26-50(32-51-31-42(53)52-29-11-12-30-52)28-27-48(6)39(43(37)50)19-20-41-47(5)24-22-38(46(3,4)40(47)23-25-49(41,48)7)34-15-17-36(18-16-34)45(55)44(54)35-13-9-8-10-14-35/h8-10,13-18,22,37,39-41,43,45,51,55H,1,11-12,19-21,23-32H2,2-7H3/t37-,39+,40-,41+,43+,45?,47-,48+,49+,50+/m0/s1. The van der Waals surface area contributed by atoms with Gasteiger partial charge in [0.15, 0.2) is 5.78 Å². The van der Waals surface area contributed by atoms with Crippen LogP contribution in [0.4, 0.5) is 0 Å². The second kappa shape index (κ2) is 14.1. The Morgan fingerprint density at radius 2 is 1.56 bits per heavy atom. The minimum Gasteiger partial charge on any atom is -0.380 e. The van der Waals surface area contributed by atoms with E-state index in [1.807, 2.05) is 30.3 Å².